The van der Waals surface area contributed by atoms with E-state index in [0.717, 1.165) is 29.9 Å². The molecule has 0 unspecified atom stereocenters. The molecule has 2 aromatic rings. The molecule has 0 aliphatic rings. The quantitative estimate of drug-likeness (QED) is 0.852. The van der Waals surface area contributed by atoms with E-state index in [0.29, 0.717) is 0 Å². The summed E-state index contributed by atoms with van der Waals surface area (Å²) < 4.78 is 0. The zero-order valence-electron chi connectivity index (χ0n) is 9.23. The molecule has 1 N–H and O–H groups in total. The van der Waals surface area contributed by atoms with Crippen molar-refractivity contribution < 1.29 is 0 Å². The smallest absolute Gasteiger partial charge is 0.251 e. The van der Waals surface area contributed by atoms with Crippen LogP contribution in [-0.4, -0.2) is 9.97 Å². The van der Waals surface area contributed by atoms with Crippen LogP contribution in [0.1, 0.15) is 19.2 Å². The van der Waals surface area contributed by atoms with Gasteiger partial charge in [0.25, 0.3) is 5.56 Å². The highest BCUT2D eigenvalue weighted by atomic mass is 16.1. The second-order valence-electron chi connectivity index (χ2n) is 3.69. The highest BCUT2D eigenvalue weighted by Gasteiger charge is 2.02. The van der Waals surface area contributed by atoms with Crippen molar-refractivity contribution in [1.82, 2.24) is 9.97 Å². The van der Waals surface area contributed by atoms with E-state index < -0.39 is 0 Å². The topological polar surface area (TPSA) is 45.8 Å². The van der Waals surface area contributed by atoms with Crippen molar-refractivity contribution in [3.63, 3.8) is 0 Å². The fourth-order valence-corrected chi connectivity index (χ4v) is 1.62. The maximum atomic E-state index is 11.5. The molecule has 0 atom stereocenters. The standard InChI is InChI=1S/C13H14N2O/c1-2-6-12-14-11(9-13(16)15-12)10-7-4-3-5-8-10/h3-5,7-9H,2,6H2,1H3,(H,14,15,16). The zero-order chi connectivity index (χ0) is 11.4. The second kappa shape index (κ2) is 4.75. The molecule has 0 aliphatic heterocycles. The van der Waals surface area contributed by atoms with E-state index in [4.69, 9.17) is 0 Å². The van der Waals surface area contributed by atoms with Crippen molar-refractivity contribution in [2.24, 2.45) is 0 Å². The Labute approximate surface area is 94.2 Å². The summed E-state index contributed by atoms with van der Waals surface area (Å²) in [6.45, 7) is 2.06. The van der Waals surface area contributed by atoms with E-state index >= 15 is 0 Å². The van der Waals surface area contributed by atoms with Crippen molar-refractivity contribution in [2.75, 3.05) is 0 Å². The van der Waals surface area contributed by atoms with Gasteiger partial charge in [0.05, 0.1) is 5.69 Å². The Balaban J connectivity index is 2.45. The van der Waals surface area contributed by atoms with Gasteiger partial charge in [0.15, 0.2) is 0 Å². The Bertz CT molecular complexity index is 517. The molecule has 0 radical (unpaired) electrons. The van der Waals surface area contributed by atoms with Crippen LogP contribution in [0, 0.1) is 0 Å². The highest BCUT2D eigenvalue weighted by Crippen LogP contribution is 2.14. The number of rotatable bonds is 3. The Morgan fingerprint density at radius 3 is 2.69 bits per heavy atom. The number of aromatic nitrogens is 2. The third-order valence-corrected chi connectivity index (χ3v) is 2.35. The molecule has 82 valence electrons. The maximum absolute atomic E-state index is 11.5. The van der Waals surface area contributed by atoms with Crippen LogP contribution >= 0.6 is 0 Å². The van der Waals surface area contributed by atoms with Crippen LogP contribution in [0.5, 0.6) is 0 Å². The lowest BCUT2D eigenvalue weighted by atomic mass is 10.1. The van der Waals surface area contributed by atoms with Crippen LogP contribution in [0.2, 0.25) is 0 Å². The van der Waals surface area contributed by atoms with Crippen molar-refractivity contribution in [3.8, 4) is 11.3 Å². The minimum absolute atomic E-state index is 0.0858. The molecule has 1 aromatic heterocycles. The third-order valence-electron chi connectivity index (χ3n) is 2.35. The molecule has 0 saturated carbocycles. The maximum Gasteiger partial charge on any atom is 0.251 e. The number of aryl methyl sites for hydroxylation is 1. The van der Waals surface area contributed by atoms with Crippen molar-refractivity contribution in [2.45, 2.75) is 19.8 Å². The zero-order valence-corrected chi connectivity index (χ0v) is 9.23. The fraction of sp³-hybridized carbons (Fsp3) is 0.231. The molecule has 0 aliphatic carbocycles. The van der Waals surface area contributed by atoms with E-state index in [-0.39, 0.29) is 5.56 Å². The van der Waals surface area contributed by atoms with Gasteiger partial charge >= 0.3 is 0 Å². The molecule has 0 spiro atoms. The summed E-state index contributed by atoms with van der Waals surface area (Å²) in [4.78, 5) is 18.7. The van der Waals surface area contributed by atoms with E-state index in [9.17, 15) is 4.79 Å². The monoisotopic (exact) mass is 214 g/mol. The molecule has 1 heterocycles. The lowest BCUT2D eigenvalue weighted by molar-refractivity contribution is 0.828. The highest BCUT2D eigenvalue weighted by molar-refractivity contribution is 5.58. The summed E-state index contributed by atoms with van der Waals surface area (Å²) in [5.74, 6) is 0.758. The summed E-state index contributed by atoms with van der Waals surface area (Å²) in [6.07, 6.45) is 1.77. The van der Waals surface area contributed by atoms with Crippen LogP contribution in [0.4, 0.5) is 0 Å². The Morgan fingerprint density at radius 1 is 1.25 bits per heavy atom. The third kappa shape index (κ3) is 2.37. The molecule has 0 bridgehead atoms. The average Bonchev–Trinajstić information content (AvgIpc) is 2.30. The minimum Gasteiger partial charge on any atom is -0.311 e. The number of nitrogens with one attached hydrogen (secondary N) is 1. The second-order valence-corrected chi connectivity index (χ2v) is 3.69. The first kappa shape index (κ1) is 10.6. The Hall–Kier alpha value is -1.90. The molecular formula is C13H14N2O. The summed E-state index contributed by atoms with van der Waals surface area (Å²) in [7, 11) is 0. The lowest BCUT2D eigenvalue weighted by Gasteiger charge is -2.03. The molecule has 3 heteroatoms. The predicted molar refractivity (Wildman–Crippen MR) is 64.3 cm³/mol. The fourth-order valence-electron chi connectivity index (χ4n) is 1.62. The van der Waals surface area contributed by atoms with Crippen molar-refractivity contribution in [1.29, 1.82) is 0 Å². The lowest BCUT2D eigenvalue weighted by Crippen LogP contribution is -2.10. The van der Waals surface area contributed by atoms with Gasteiger partial charge in [-0.15, -0.1) is 0 Å². The molecule has 2 rings (SSSR count). The molecule has 0 amide bonds. The first-order chi connectivity index (χ1) is 7.79. The Morgan fingerprint density at radius 2 is 2.00 bits per heavy atom. The minimum atomic E-state index is -0.0858. The number of hydrogen-bond donors (Lipinski definition) is 1. The van der Waals surface area contributed by atoms with Gasteiger partial charge in [-0.05, 0) is 6.42 Å². The summed E-state index contributed by atoms with van der Waals surface area (Å²) in [5, 5.41) is 0. The van der Waals surface area contributed by atoms with Gasteiger partial charge in [0.2, 0.25) is 0 Å². The molecule has 3 nitrogen and oxygen atoms in total. The summed E-state index contributed by atoms with van der Waals surface area (Å²) >= 11 is 0. The number of H-pyrrole nitrogens is 1. The first-order valence-corrected chi connectivity index (χ1v) is 5.45. The van der Waals surface area contributed by atoms with Crippen molar-refractivity contribution in [3.05, 3.63) is 52.6 Å². The van der Waals surface area contributed by atoms with Crippen LogP contribution in [0.25, 0.3) is 11.3 Å². The SMILES string of the molecule is CCCc1nc(-c2ccccc2)cc(=O)[nH]1. The first-order valence-electron chi connectivity index (χ1n) is 5.45. The molecule has 1 aromatic carbocycles. The van der Waals surface area contributed by atoms with Gasteiger partial charge in [-0.25, -0.2) is 4.98 Å². The van der Waals surface area contributed by atoms with E-state index in [1.54, 1.807) is 0 Å². The van der Waals surface area contributed by atoms with Gasteiger partial charge in [0.1, 0.15) is 5.82 Å². The van der Waals surface area contributed by atoms with Crippen LogP contribution in [0.3, 0.4) is 0 Å². The molecular weight excluding hydrogens is 200 g/mol. The van der Waals surface area contributed by atoms with E-state index in [1.165, 1.54) is 6.07 Å². The van der Waals surface area contributed by atoms with Gasteiger partial charge < -0.3 is 4.98 Å². The average molecular weight is 214 g/mol. The normalized spacial score (nSPS) is 10.3. The molecule has 0 saturated heterocycles. The van der Waals surface area contributed by atoms with Gasteiger partial charge in [0, 0.05) is 18.1 Å². The molecule has 16 heavy (non-hydrogen) atoms. The predicted octanol–water partition coefficient (Wildman–Crippen LogP) is 2.39. The summed E-state index contributed by atoms with van der Waals surface area (Å²) in [5.41, 5.74) is 1.64. The number of nitrogens with zero attached hydrogens (tertiary/aromatic N) is 1. The number of hydrogen-bond acceptors (Lipinski definition) is 2. The Kier molecular flexibility index (Phi) is 3.15. The number of benzene rings is 1. The molecule has 0 fully saturated rings. The van der Waals surface area contributed by atoms with E-state index in [1.807, 2.05) is 30.3 Å². The largest absolute Gasteiger partial charge is 0.311 e. The van der Waals surface area contributed by atoms with Crippen molar-refractivity contribution >= 4 is 0 Å². The van der Waals surface area contributed by atoms with Gasteiger partial charge in [-0.2, -0.15) is 0 Å². The van der Waals surface area contributed by atoms with Crippen LogP contribution in [-0.2, 0) is 6.42 Å². The van der Waals surface area contributed by atoms with E-state index in [2.05, 4.69) is 16.9 Å². The van der Waals surface area contributed by atoms with Crippen LogP contribution in [0.15, 0.2) is 41.2 Å². The van der Waals surface area contributed by atoms with Crippen LogP contribution < -0.4 is 5.56 Å². The number of aromatic amines is 1. The van der Waals surface area contributed by atoms with Gasteiger partial charge in [-0.1, -0.05) is 37.3 Å². The summed E-state index contributed by atoms with van der Waals surface area (Å²) in [6, 6.07) is 11.3. The van der Waals surface area contributed by atoms with Gasteiger partial charge in [-0.3, -0.25) is 4.79 Å².